The lowest BCUT2D eigenvalue weighted by atomic mass is 10.1. The second-order valence-corrected chi connectivity index (χ2v) is 4.57. The lowest BCUT2D eigenvalue weighted by molar-refractivity contribution is 0.0752. The third-order valence-corrected chi connectivity index (χ3v) is 2.87. The molecule has 0 aromatic carbocycles. The number of carbonyl (C=O) groups is 1. The van der Waals surface area contributed by atoms with Crippen LogP contribution in [0.3, 0.4) is 0 Å². The van der Waals surface area contributed by atoms with Crippen molar-refractivity contribution in [2.75, 3.05) is 25.5 Å². The summed E-state index contributed by atoms with van der Waals surface area (Å²) >= 11 is 5.88. The van der Waals surface area contributed by atoms with Crippen LogP contribution in [0, 0.1) is 17.2 Å². The number of nitriles is 1. The van der Waals surface area contributed by atoms with Crippen molar-refractivity contribution >= 4 is 23.3 Å². The van der Waals surface area contributed by atoms with E-state index in [1.165, 1.54) is 6.07 Å². The molecule has 6 heteroatoms. The predicted octanol–water partition coefficient (Wildman–Crippen LogP) is 2.40. The van der Waals surface area contributed by atoms with E-state index in [9.17, 15) is 4.79 Å². The van der Waals surface area contributed by atoms with Gasteiger partial charge in [-0.1, -0.05) is 11.6 Å². The van der Waals surface area contributed by atoms with Gasteiger partial charge in [0, 0.05) is 25.7 Å². The van der Waals surface area contributed by atoms with E-state index in [0.717, 1.165) is 0 Å². The van der Waals surface area contributed by atoms with Gasteiger partial charge in [-0.25, -0.2) is 4.98 Å². The molecule has 0 aliphatic heterocycles. The summed E-state index contributed by atoms with van der Waals surface area (Å²) in [5.74, 6) is 0.190. The zero-order valence-corrected chi connectivity index (χ0v) is 12.0. The van der Waals surface area contributed by atoms with Gasteiger partial charge in [0.05, 0.1) is 12.0 Å². The minimum Gasteiger partial charge on any atom is -0.373 e. The molecule has 1 rings (SSSR count). The Balaban J connectivity index is 2.97. The molecule has 1 aromatic heterocycles. The lowest BCUT2D eigenvalue weighted by Crippen LogP contribution is -2.34. The number of nitrogens with one attached hydrogen (secondary N) is 1. The number of aromatic nitrogens is 1. The summed E-state index contributed by atoms with van der Waals surface area (Å²) in [4.78, 5) is 18.0. The van der Waals surface area contributed by atoms with E-state index in [-0.39, 0.29) is 17.0 Å². The first-order valence-electron chi connectivity index (χ1n) is 6.06. The van der Waals surface area contributed by atoms with E-state index in [1.54, 1.807) is 24.9 Å². The maximum absolute atomic E-state index is 12.4. The normalized spacial score (nSPS) is 11.5. The SMILES string of the molecule is CCN(CC(C)C#N)C(=O)c1cc(Cl)nc(NC)c1. The lowest BCUT2D eigenvalue weighted by Gasteiger charge is -2.22. The van der Waals surface area contributed by atoms with Gasteiger partial charge in [-0.05, 0) is 26.0 Å². The number of hydrogen-bond donors (Lipinski definition) is 1. The molecule has 1 atom stereocenters. The first-order chi connectivity index (χ1) is 9.01. The van der Waals surface area contributed by atoms with Crippen LogP contribution in [0.5, 0.6) is 0 Å². The van der Waals surface area contributed by atoms with Gasteiger partial charge < -0.3 is 10.2 Å². The number of rotatable bonds is 5. The van der Waals surface area contributed by atoms with Gasteiger partial charge >= 0.3 is 0 Å². The Morgan fingerprint density at radius 1 is 1.63 bits per heavy atom. The Hall–Kier alpha value is -1.80. The third kappa shape index (κ3) is 4.11. The van der Waals surface area contributed by atoms with E-state index in [4.69, 9.17) is 16.9 Å². The standard InChI is InChI=1S/C13H17ClN4O/c1-4-18(8-9(2)7-15)13(19)10-5-11(14)17-12(6-10)16-3/h5-6,9H,4,8H2,1-3H3,(H,16,17). The average Bonchev–Trinajstić information content (AvgIpc) is 2.42. The molecule has 1 heterocycles. The van der Waals surface area contributed by atoms with Crippen LogP contribution < -0.4 is 5.32 Å². The number of halogens is 1. The molecule has 0 saturated heterocycles. The summed E-state index contributed by atoms with van der Waals surface area (Å²) in [7, 11) is 1.71. The fourth-order valence-electron chi connectivity index (χ4n) is 1.66. The van der Waals surface area contributed by atoms with E-state index in [2.05, 4.69) is 16.4 Å². The fraction of sp³-hybridized carbons (Fsp3) is 0.462. The smallest absolute Gasteiger partial charge is 0.254 e. The van der Waals surface area contributed by atoms with Crippen molar-refractivity contribution in [3.05, 3.63) is 22.8 Å². The number of amides is 1. The molecular formula is C13H17ClN4O. The summed E-state index contributed by atoms with van der Waals surface area (Å²) in [5, 5.41) is 11.9. The zero-order chi connectivity index (χ0) is 14.4. The van der Waals surface area contributed by atoms with Crippen molar-refractivity contribution in [1.82, 2.24) is 9.88 Å². The first kappa shape index (κ1) is 15.3. The van der Waals surface area contributed by atoms with Crippen molar-refractivity contribution in [3.63, 3.8) is 0 Å². The van der Waals surface area contributed by atoms with Crippen LogP contribution in [0.25, 0.3) is 0 Å². The molecule has 0 radical (unpaired) electrons. The van der Waals surface area contributed by atoms with Gasteiger partial charge in [0.25, 0.3) is 5.91 Å². The second-order valence-electron chi connectivity index (χ2n) is 4.19. The maximum atomic E-state index is 12.4. The minimum atomic E-state index is -0.204. The summed E-state index contributed by atoms with van der Waals surface area (Å²) in [6, 6.07) is 5.30. The number of hydrogen-bond acceptors (Lipinski definition) is 4. The molecule has 1 unspecified atom stereocenters. The van der Waals surface area contributed by atoms with Crippen LogP contribution in [-0.2, 0) is 0 Å². The summed E-state index contributed by atoms with van der Waals surface area (Å²) < 4.78 is 0. The largest absolute Gasteiger partial charge is 0.373 e. The highest BCUT2D eigenvalue weighted by atomic mass is 35.5. The first-order valence-corrected chi connectivity index (χ1v) is 6.43. The van der Waals surface area contributed by atoms with Crippen LogP contribution in [0.2, 0.25) is 5.15 Å². The Morgan fingerprint density at radius 3 is 2.84 bits per heavy atom. The molecule has 102 valence electrons. The molecule has 0 saturated carbocycles. The average molecular weight is 281 g/mol. The number of anilines is 1. The predicted molar refractivity (Wildman–Crippen MR) is 75.1 cm³/mol. The van der Waals surface area contributed by atoms with Gasteiger partial charge in [-0.2, -0.15) is 5.26 Å². The number of pyridine rings is 1. The van der Waals surface area contributed by atoms with Crippen LogP contribution in [0.1, 0.15) is 24.2 Å². The van der Waals surface area contributed by atoms with E-state index in [1.807, 2.05) is 6.92 Å². The van der Waals surface area contributed by atoms with Crippen molar-refractivity contribution in [2.45, 2.75) is 13.8 Å². The molecular weight excluding hydrogens is 264 g/mol. The Labute approximate surface area is 118 Å². The van der Waals surface area contributed by atoms with Gasteiger partial charge in [0.15, 0.2) is 0 Å². The van der Waals surface area contributed by atoms with Crippen molar-refractivity contribution in [3.8, 4) is 6.07 Å². The van der Waals surface area contributed by atoms with Crippen molar-refractivity contribution in [1.29, 1.82) is 5.26 Å². The summed E-state index contributed by atoms with van der Waals surface area (Å²) in [6.45, 7) is 4.61. The Bertz CT molecular complexity index is 498. The number of nitrogens with zero attached hydrogens (tertiary/aromatic N) is 3. The highest BCUT2D eigenvalue weighted by molar-refractivity contribution is 6.29. The molecule has 0 aliphatic rings. The Morgan fingerprint density at radius 2 is 2.32 bits per heavy atom. The van der Waals surface area contributed by atoms with Crippen molar-refractivity contribution in [2.24, 2.45) is 5.92 Å². The molecule has 0 aliphatic carbocycles. The molecule has 1 amide bonds. The minimum absolute atomic E-state index is 0.148. The van der Waals surface area contributed by atoms with Crippen LogP contribution in [0.4, 0.5) is 5.82 Å². The molecule has 0 spiro atoms. The van der Waals surface area contributed by atoms with Crippen molar-refractivity contribution < 1.29 is 4.79 Å². The molecule has 5 nitrogen and oxygen atoms in total. The topological polar surface area (TPSA) is 69.0 Å². The van der Waals surface area contributed by atoms with E-state index in [0.29, 0.717) is 24.5 Å². The fourth-order valence-corrected chi connectivity index (χ4v) is 1.87. The van der Waals surface area contributed by atoms with E-state index < -0.39 is 0 Å². The maximum Gasteiger partial charge on any atom is 0.254 e. The van der Waals surface area contributed by atoms with E-state index >= 15 is 0 Å². The molecule has 0 fully saturated rings. The molecule has 1 N–H and O–H groups in total. The molecule has 1 aromatic rings. The quantitative estimate of drug-likeness (QED) is 0.841. The van der Waals surface area contributed by atoms with Crippen LogP contribution >= 0.6 is 11.6 Å². The van der Waals surface area contributed by atoms with Gasteiger partial charge in [0.1, 0.15) is 11.0 Å². The molecule has 0 bridgehead atoms. The second kappa shape index (κ2) is 6.95. The monoisotopic (exact) mass is 280 g/mol. The van der Waals surface area contributed by atoms with Crippen LogP contribution in [-0.4, -0.2) is 35.9 Å². The highest BCUT2D eigenvalue weighted by Crippen LogP contribution is 2.16. The Kier molecular flexibility index (Phi) is 5.58. The number of carbonyl (C=O) groups excluding carboxylic acids is 1. The van der Waals surface area contributed by atoms with Gasteiger partial charge in [0.2, 0.25) is 0 Å². The molecule has 19 heavy (non-hydrogen) atoms. The zero-order valence-electron chi connectivity index (χ0n) is 11.3. The third-order valence-electron chi connectivity index (χ3n) is 2.68. The summed E-state index contributed by atoms with van der Waals surface area (Å²) in [5.41, 5.74) is 0.469. The highest BCUT2D eigenvalue weighted by Gasteiger charge is 2.18. The van der Waals surface area contributed by atoms with Crippen LogP contribution in [0.15, 0.2) is 12.1 Å². The van der Waals surface area contributed by atoms with Gasteiger partial charge in [-0.3, -0.25) is 4.79 Å². The van der Waals surface area contributed by atoms with Gasteiger partial charge in [-0.15, -0.1) is 0 Å². The summed E-state index contributed by atoms with van der Waals surface area (Å²) in [6.07, 6.45) is 0.